The van der Waals surface area contributed by atoms with E-state index in [1.807, 2.05) is 39.1 Å². The van der Waals surface area contributed by atoms with Gasteiger partial charge in [0.2, 0.25) is 5.95 Å². The van der Waals surface area contributed by atoms with E-state index in [2.05, 4.69) is 19.9 Å². The van der Waals surface area contributed by atoms with E-state index in [0.717, 1.165) is 41.4 Å². The van der Waals surface area contributed by atoms with Gasteiger partial charge >= 0.3 is 0 Å². The molecular weight excluding hydrogens is 316 g/mol. The summed E-state index contributed by atoms with van der Waals surface area (Å²) >= 11 is 0. The lowest BCUT2D eigenvalue weighted by atomic mass is 10.1. The molecule has 4 rings (SSSR count). The molecule has 0 saturated carbocycles. The lowest BCUT2D eigenvalue weighted by molar-refractivity contribution is 0.122. The van der Waals surface area contributed by atoms with Gasteiger partial charge in [-0.25, -0.2) is 15.0 Å². The SMILES string of the molecule is Cc1ccc(-c2nc(N3CCOCC3)nc3nc(C)c(C)nc23)cn1. The standard InChI is InChI=1S/C18H20N6O/c1-11-4-5-14(10-19-11)15-16-17(21-13(3)12(2)20-16)23-18(22-15)24-6-8-25-9-7-24/h4-5,10H,6-9H2,1-3H3. The Kier molecular flexibility index (Phi) is 4.01. The molecule has 7 heteroatoms. The molecule has 0 bridgehead atoms. The third-order valence-corrected chi connectivity index (χ3v) is 4.41. The van der Waals surface area contributed by atoms with E-state index < -0.39 is 0 Å². The molecule has 3 aromatic rings. The normalized spacial score (nSPS) is 14.9. The monoisotopic (exact) mass is 336 g/mol. The molecule has 7 nitrogen and oxygen atoms in total. The smallest absolute Gasteiger partial charge is 0.228 e. The summed E-state index contributed by atoms with van der Waals surface area (Å²) in [4.78, 5) is 25.4. The average molecular weight is 336 g/mol. The second-order valence-corrected chi connectivity index (χ2v) is 6.23. The molecule has 1 fully saturated rings. The topological polar surface area (TPSA) is 76.9 Å². The van der Waals surface area contributed by atoms with E-state index in [0.29, 0.717) is 30.3 Å². The van der Waals surface area contributed by atoms with Crippen LogP contribution in [0, 0.1) is 20.8 Å². The number of nitrogens with zero attached hydrogens (tertiary/aromatic N) is 6. The van der Waals surface area contributed by atoms with Crippen LogP contribution < -0.4 is 4.90 Å². The minimum absolute atomic E-state index is 0.621. The van der Waals surface area contributed by atoms with Crippen LogP contribution in [0.2, 0.25) is 0 Å². The van der Waals surface area contributed by atoms with Crippen LogP contribution in [0.15, 0.2) is 18.3 Å². The quantitative estimate of drug-likeness (QED) is 0.710. The zero-order valence-electron chi connectivity index (χ0n) is 14.7. The first-order valence-electron chi connectivity index (χ1n) is 8.40. The van der Waals surface area contributed by atoms with Crippen molar-refractivity contribution in [1.29, 1.82) is 0 Å². The Labute approximate surface area is 146 Å². The molecule has 0 aromatic carbocycles. The Morgan fingerprint density at radius 2 is 1.68 bits per heavy atom. The molecule has 0 atom stereocenters. The van der Waals surface area contributed by atoms with Gasteiger partial charge < -0.3 is 9.64 Å². The van der Waals surface area contributed by atoms with Gasteiger partial charge in [-0.3, -0.25) is 4.98 Å². The summed E-state index contributed by atoms with van der Waals surface area (Å²) in [7, 11) is 0. The molecule has 25 heavy (non-hydrogen) atoms. The molecule has 4 heterocycles. The third kappa shape index (κ3) is 3.02. The van der Waals surface area contributed by atoms with Gasteiger partial charge in [0.25, 0.3) is 0 Å². The highest BCUT2D eigenvalue weighted by molar-refractivity contribution is 5.87. The molecular formula is C18H20N6O. The van der Waals surface area contributed by atoms with Gasteiger partial charge in [0.05, 0.1) is 24.6 Å². The molecule has 0 aliphatic carbocycles. The van der Waals surface area contributed by atoms with E-state index in [-0.39, 0.29) is 0 Å². The maximum atomic E-state index is 5.44. The van der Waals surface area contributed by atoms with Crippen LogP contribution in [-0.4, -0.2) is 51.2 Å². The Morgan fingerprint density at radius 3 is 2.40 bits per heavy atom. The number of anilines is 1. The summed E-state index contributed by atoms with van der Waals surface area (Å²) < 4.78 is 5.44. The Balaban J connectivity index is 1.93. The van der Waals surface area contributed by atoms with Crippen LogP contribution in [-0.2, 0) is 4.74 Å². The molecule has 0 unspecified atom stereocenters. The third-order valence-electron chi connectivity index (χ3n) is 4.41. The number of hydrogen-bond acceptors (Lipinski definition) is 7. The molecule has 0 radical (unpaired) electrons. The van der Waals surface area contributed by atoms with Crippen LogP contribution in [0.5, 0.6) is 0 Å². The Hall–Kier alpha value is -2.67. The van der Waals surface area contributed by atoms with E-state index in [1.54, 1.807) is 0 Å². The largest absolute Gasteiger partial charge is 0.378 e. The van der Waals surface area contributed by atoms with Gasteiger partial charge in [-0.2, -0.15) is 4.98 Å². The minimum atomic E-state index is 0.621. The second kappa shape index (κ2) is 6.33. The van der Waals surface area contributed by atoms with Crippen molar-refractivity contribution in [2.45, 2.75) is 20.8 Å². The van der Waals surface area contributed by atoms with E-state index in [1.165, 1.54) is 0 Å². The van der Waals surface area contributed by atoms with Crippen molar-refractivity contribution in [2.24, 2.45) is 0 Å². The summed E-state index contributed by atoms with van der Waals surface area (Å²) in [5, 5.41) is 0. The van der Waals surface area contributed by atoms with Gasteiger partial charge in [0.15, 0.2) is 5.65 Å². The van der Waals surface area contributed by atoms with E-state index in [4.69, 9.17) is 14.7 Å². The predicted octanol–water partition coefficient (Wildman–Crippen LogP) is 2.24. The van der Waals surface area contributed by atoms with Crippen LogP contribution in [0.1, 0.15) is 17.1 Å². The number of fused-ring (bicyclic) bond motifs is 1. The fourth-order valence-corrected chi connectivity index (χ4v) is 2.81. The molecule has 1 saturated heterocycles. The van der Waals surface area contributed by atoms with Crippen molar-refractivity contribution >= 4 is 17.1 Å². The predicted molar refractivity (Wildman–Crippen MR) is 95.6 cm³/mol. The summed E-state index contributed by atoms with van der Waals surface area (Å²) in [5.41, 5.74) is 5.76. The number of aryl methyl sites for hydroxylation is 3. The fraction of sp³-hybridized carbons (Fsp3) is 0.389. The number of pyridine rings is 1. The minimum Gasteiger partial charge on any atom is -0.378 e. The number of morpholine rings is 1. The fourth-order valence-electron chi connectivity index (χ4n) is 2.81. The van der Waals surface area contributed by atoms with Gasteiger partial charge in [0, 0.05) is 30.5 Å². The Morgan fingerprint density at radius 1 is 0.920 bits per heavy atom. The molecule has 3 aromatic heterocycles. The summed E-state index contributed by atoms with van der Waals surface area (Å²) in [6.45, 7) is 8.78. The van der Waals surface area contributed by atoms with Crippen molar-refractivity contribution in [3.05, 3.63) is 35.4 Å². The van der Waals surface area contributed by atoms with Crippen molar-refractivity contribution in [1.82, 2.24) is 24.9 Å². The lowest BCUT2D eigenvalue weighted by Gasteiger charge is -2.27. The van der Waals surface area contributed by atoms with Crippen molar-refractivity contribution < 1.29 is 4.74 Å². The molecule has 0 N–H and O–H groups in total. The first kappa shape index (κ1) is 15.8. The molecule has 1 aliphatic rings. The molecule has 1 aliphatic heterocycles. The van der Waals surface area contributed by atoms with Crippen LogP contribution in [0.3, 0.4) is 0 Å². The number of hydrogen-bond donors (Lipinski definition) is 0. The van der Waals surface area contributed by atoms with Gasteiger partial charge in [-0.1, -0.05) is 0 Å². The molecule has 0 amide bonds. The lowest BCUT2D eigenvalue weighted by Crippen LogP contribution is -2.37. The summed E-state index contributed by atoms with van der Waals surface area (Å²) in [6, 6.07) is 4.00. The van der Waals surface area contributed by atoms with Crippen LogP contribution in [0.25, 0.3) is 22.4 Å². The molecule has 0 spiro atoms. The highest BCUT2D eigenvalue weighted by Gasteiger charge is 2.19. The zero-order chi connectivity index (χ0) is 17.4. The number of ether oxygens (including phenoxy) is 1. The highest BCUT2D eigenvalue weighted by atomic mass is 16.5. The van der Waals surface area contributed by atoms with E-state index in [9.17, 15) is 0 Å². The maximum Gasteiger partial charge on any atom is 0.228 e. The summed E-state index contributed by atoms with van der Waals surface area (Å²) in [6.07, 6.45) is 1.83. The number of rotatable bonds is 2. The van der Waals surface area contributed by atoms with Gasteiger partial charge in [-0.15, -0.1) is 0 Å². The number of aromatic nitrogens is 5. The maximum absolute atomic E-state index is 5.44. The second-order valence-electron chi connectivity index (χ2n) is 6.23. The van der Waals surface area contributed by atoms with Crippen LogP contribution in [0.4, 0.5) is 5.95 Å². The first-order chi connectivity index (χ1) is 12.1. The van der Waals surface area contributed by atoms with Crippen LogP contribution >= 0.6 is 0 Å². The molecule has 128 valence electrons. The Bertz CT molecular complexity index is 919. The summed E-state index contributed by atoms with van der Waals surface area (Å²) in [5.74, 6) is 0.670. The van der Waals surface area contributed by atoms with Crippen molar-refractivity contribution in [2.75, 3.05) is 31.2 Å². The van der Waals surface area contributed by atoms with Crippen molar-refractivity contribution in [3.8, 4) is 11.3 Å². The van der Waals surface area contributed by atoms with Crippen molar-refractivity contribution in [3.63, 3.8) is 0 Å². The first-order valence-corrected chi connectivity index (χ1v) is 8.40. The van der Waals surface area contributed by atoms with Gasteiger partial charge in [-0.05, 0) is 32.9 Å². The highest BCUT2D eigenvalue weighted by Crippen LogP contribution is 2.27. The average Bonchev–Trinajstić information content (AvgIpc) is 2.63. The van der Waals surface area contributed by atoms with E-state index >= 15 is 0 Å². The zero-order valence-corrected chi connectivity index (χ0v) is 14.7. The van der Waals surface area contributed by atoms with Gasteiger partial charge in [0.1, 0.15) is 11.2 Å².